The van der Waals surface area contributed by atoms with E-state index in [0.717, 1.165) is 6.07 Å². The highest BCUT2D eigenvalue weighted by Gasteiger charge is 2.15. The normalized spacial score (nSPS) is 11.2. The van der Waals surface area contributed by atoms with Crippen molar-refractivity contribution in [3.05, 3.63) is 29.6 Å². The Morgan fingerprint density at radius 3 is 2.63 bits per heavy atom. The number of benzene rings is 1. The fourth-order valence-electron chi connectivity index (χ4n) is 1.27. The summed E-state index contributed by atoms with van der Waals surface area (Å²) >= 11 is 0. The van der Waals surface area contributed by atoms with Crippen LogP contribution in [-0.4, -0.2) is 21.5 Å². The van der Waals surface area contributed by atoms with Crippen molar-refractivity contribution < 1.29 is 12.8 Å². The summed E-state index contributed by atoms with van der Waals surface area (Å²) in [5.74, 6) is 4.56. The van der Waals surface area contributed by atoms with E-state index in [1.54, 1.807) is 0 Å². The minimum Gasteiger partial charge on any atom is -0.320 e. The molecule has 0 aliphatic carbocycles. The Morgan fingerprint density at radius 2 is 2.11 bits per heavy atom. The van der Waals surface area contributed by atoms with Crippen molar-refractivity contribution in [2.45, 2.75) is 18.7 Å². The van der Waals surface area contributed by atoms with E-state index in [1.807, 2.05) is 13.8 Å². The molecule has 0 amide bonds. The van der Waals surface area contributed by atoms with E-state index in [9.17, 15) is 12.8 Å². The Balaban J connectivity index is 3.00. The van der Waals surface area contributed by atoms with Gasteiger partial charge < -0.3 is 5.73 Å². The zero-order valence-electron chi connectivity index (χ0n) is 10.9. The maximum Gasteiger partial charge on any atom is 0.240 e. The number of rotatable bonds is 4. The Labute approximate surface area is 113 Å². The highest BCUT2D eigenvalue weighted by atomic mass is 32.2. The zero-order valence-corrected chi connectivity index (χ0v) is 11.7. The quantitative estimate of drug-likeness (QED) is 0.812. The summed E-state index contributed by atoms with van der Waals surface area (Å²) in [4.78, 5) is -0.107. The van der Waals surface area contributed by atoms with E-state index in [4.69, 9.17) is 5.73 Å². The molecular formula is C13H17FN2O2S. The van der Waals surface area contributed by atoms with Crippen molar-refractivity contribution >= 4 is 10.0 Å². The molecule has 0 radical (unpaired) electrons. The molecular weight excluding hydrogens is 267 g/mol. The van der Waals surface area contributed by atoms with Crippen LogP contribution in [0.1, 0.15) is 19.4 Å². The van der Waals surface area contributed by atoms with Crippen molar-refractivity contribution in [1.82, 2.24) is 4.72 Å². The minimum atomic E-state index is -3.68. The molecule has 104 valence electrons. The van der Waals surface area contributed by atoms with Crippen LogP contribution in [0.15, 0.2) is 23.1 Å². The Bertz CT molecular complexity index is 601. The van der Waals surface area contributed by atoms with Crippen LogP contribution in [0.4, 0.5) is 4.39 Å². The molecule has 1 rings (SSSR count). The van der Waals surface area contributed by atoms with Crippen LogP contribution in [0.2, 0.25) is 0 Å². The molecule has 0 aliphatic rings. The third kappa shape index (κ3) is 4.63. The summed E-state index contributed by atoms with van der Waals surface area (Å²) in [7, 11) is -3.68. The Hall–Kier alpha value is -1.42. The monoisotopic (exact) mass is 284 g/mol. The molecule has 0 fully saturated rings. The second kappa shape index (κ2) is 6.66. The van der Waals surface area contributed by atoms with Crippen molar-refractivity contribution in [2.24, 2.45) is 11.7 Å². The number of halogens is 1. The maximum atomic E-state index is 13.7. The highest BCUT2D eigenvalue weighted by Crippen LogP contribution is 2.14. The first-order valence-electron chi connectivity index (χ1n) is 5.85. The molecule has 6 heteroatoms. The first-order chi connectivity index (χ1) is 8.86. The average Bonchev–Trinajstić information content (AvgIpc) is 2.35. The Kier molecular flexibility index (Phi) is 5.48. The van der Waals surface area contributed by atoms with Gasteiger partial charge in [0.05, 0.1) is 17.0 Å². The van der Waals surface area contributed by atoms with Gasteiger partial charge >= 0.3 is 0 Å². The molecule has 0 unspecified atom stereocenters. The molecule has 1 aromatic carbocycles. The van der Waals surface area contributed by atoms with Crippen molar-refractivity contribution in [3.8, 4) is 11.8 Å². The van der Waals surface area contributed by atoms with Gasteiger partial charge in [0, 0.05) is 6.54 Å². The second-order valence-corrected chi connectivity index (χ2v) is 6.16. The third-order valence-corrected chi connectivity index (χ3v) is 3.68. The van der Waals surface area contributed by atoms with Gasteiger partial charge in [-0.15, -0.1) is 0 Å². The molecule has 19 heavy (non-hydrogen) atoms. The van der Waals surface area contributed by atoms with Gasteiger partial charge in [0.1, 0.15) is 5.82 Å². The summed E-state index contributed by atoms with van der Waals surface area (Å²) in [6, 6.07) is 3.62. The predicted molar refractivity (Wildman–Crippen MR) is 72.4 cm³/mol. The highest BCUT2D eigenvalue weighted by molar-refractivity contribution is 7.89. The number of nitrogens with two attached hydrogens (primary N) is 1. The lowest BCUT2D eigenvalue weighted by atomic mass is 10.2. The zero-order chi connectivity index (χ0) is 14.5. The standard InChI is InChI=1S/C13H17FN2O2S/c1-10(2)9-16-19(17,18)12-6-5-11(4-3-7-15)13(14)8-12/h5-6,8,10,16H,7,9,15H2,1-2H3. The third-order valence-electron chi connectivity index (χ3n) is 2.26. The molecule has 0 spiro atoms. The van der Waals surface area contributed by atoms with Crippen LogP contribution in [0.3, 0.4) is 0 Å². The predicted octanol–water partition coefficient (Wildman–Crippen LogP) is 1.07. The number of nitrogens with one attached hydrogen (secondary N) is 1. The van der Waals surface area contributed by atoms with Crippen molar-refractivity contribution in [1.29, 1.82) is 0 Å². The number of hydrogen-bond donors (Lipinski definition) is 2. The molecule has 0 atom stereocenters. The van der Waals surface area contributed by atoms with Crippen LogP contribution in [-0.2, 0) is 10.0 Å². The lowest BCUT2D eigenvalue weighted by Crippen LogP contribution is -2.27. The van der Waals surface area contributed by atoms with Crippen molar-refractivity contribution in [2.75, 3.05) is 13.1 Å². The lowest BCUT2D eigenvalue weighted by Gasteiger charge is -2.09. The van der Waals surface area contributed by atoms with E-state index in [2.05, 4.69) is 16.6 Å². The van der Waals surface area contributed by atoms with E-state index in [0.29, 0.717) is 6.54 Å². The molecule has 0 saturated carbocycles. The van der Waals surface area contributed by atoms with Gasteiger partial charge in [-0.25, -0.2) is 17.5 Å². The fraction of sp³-hybridized carbons (Fsp3) is 0.385. The second-order valence-electron chi connectivity index (χ2n) is 4.39. The molecule has 0 saturated heterocycles. The van der Waals surface area contributed by atoms with Crippen LogP contribution in [0, 0.1) is 23.6 Å². The first-order valence-corrected chi connectivity index (χ1v) is 7.33. The largest absolute Gasteiger partial charge is 0.320 e. The van der Waals surface area contributed by atoms with Gasteiger partial charge in [-0.1, -0.05) is 25.7 Å². The van der Waals surface area contributed by atoms with Crippen LogP contribution in [0.25, 0.3) is 0 Å². The fourth-order valence-corrected chi connectivity index (χ4v) is 2.50. The van der Waals surface area contributed by atoms with Gasteiger partial charge in [0.15, 0.2) is 0 Å². The molecule has 1 aromatic rings. The summed E-state index contributed by atoms with van der Waals surface area (Å²) in [6.07, 6.45) is 0. The average molecular weight is 284 g/mol. The van der Waals surface area contributed by atoms with E-state index in [1.165, 1.54) is 12.1 Å². The number of sulfonamides is 1. The molecule has 0 bridgehead atoms. The van der Waals surface area contributed by atoms with Gasteiger partial charge in [-0.2, -0.15) is 0 Å². The van der Waals surface area contributed by atoms with Gasteiger partial charge in [0.25, 0.3) is 0 Å². The molecule has 0 heterocycles. The van der Waals surface area contributed by atoms with Crippen LogP contribution in [0.5, 0.6) is 0 Å². The van der Waals surface area contributed by atoms with Crippen molar-refractivity contribution in [3.63, 3.8) is 0 Å². The van der Waals surface area contributed by atoms with Gasteiger partial charge in [-0.3, -0.25) is 0 Å². The van der Waals surface area contributed by atoms with Gasteiger partial charge in [-0.05, 0) is 24.1 Å². The number of hydrogen-bond acceptors (Lipinski definition) is 3. The SMILES string of the molecule is CC(C)CNS(=O)(=O)c1ccc(C#CCN)c(F)c1. The first kappa shape index (κ1) is 15.6. The van der Waals surface area contributed by atoms with Crippen LogP contribution >= 0.6 is 0 Å². The lowest BCUT2D eigenvalue weighted by molar-refractivity contribution is 0.558. The topological polar surface area (TPSA) is 72.2 Å². The van der Waals surface area contributed by atoms with E-state index < -0.39 is 15.8 Å². The summed E-state index contributed by atoms with van der Waals surface area (Å²) < 4.78 is 39.8. The minimum absolute atomic E-state index is 0.107. The summed E-state index contributed by atoms with van der Waals surface area (Å²) in [5, 5.41) is 0. The van der Waals surface area contributed by atoms with E-state index in [-0.39, 0.29) is 22.9 Å². The summed E-state index contributed by atoms with van der Waals surface area (Å²) in [6.45, 7) is 4.19. The molecule has 4 nitrogen and oxygen atoms in total. The van der Waals surface area contributed by atoms with Crippen LogP contribution < -0.4 is 10.5 Å². The Morgan fingerprint density at radius 1 is 1.42 bits per heavy atom. The molecule has 0 aromatic heterocycles. The molecule has 3 N–H and O–H groups in total. The maximum absolute atomic E-state index is 13.7. The molecule has 0 aliphatic heterocycles. The summed E-state index contributed by atoms with van der Waals surface area (Å²) in [5.41, 5.74) is 5.32. The van der Waals surface area contributed by atoms with E-state index >= 15 is 0 Å². The van der Waals surface area contributed by atoms with Gasteiger partial charge in [0.2, 0.25) is 10.0 Å². The smallest absolute Gasteiger partial charge is 0.240 e.